The van der Waals surface area contributed by atoms with E-state index in [1.54, 1.807) is 24.4 Å². The summed E-state index contributed by atoms with van der Waals surface area (Å²) in [6.45, 7) is 0.107. The highest BCUT2D eigenvalue weighted by Gasteiger charge is 2.15. The van der Waals surface area contributed by atoms with Gasteiger partial charge in [0.05, 0.1) is 17.9 Å². The van der Waals surface area contributed by atoms with E-state index < -0.39 is 17.6 Å². The van der Waals surface area contributed by atoms with Crippen molar-refractivity contribution in [2.75, 3.05) is 5.32 Å². The summed E-state index contributed by atoms with van der Waals surface area (Å²) in [5, 5.41) is 4.76. The number of amides is 2. The summed E-state index contributed by atoms with van der Waals surface area (Å²) in [7, 11) is 0. The Morgan fingerprint density at radius 1 is 1.19 bits per heavy atom. The number of hydrogen-bond donors (Lipinski definition) is 2. The van der Waals surface area contributed by atoms with Gasteiger partial charge >= 0.3 is 11.8 Å². The molecule has 0 aliphatic rings. The lowest BCUT2D eigenvalue weighted by Crippen LogP contribution is -2.35. The van der Waals surface area contributed by atoms with Crippen molar-refractivity contribution in [3.05, 3.63) is 59.1 Å². The maximum Gasteiger partial charge on any atom is 0.313 e. The van der Waals surface area contributed by atoms with Gasteiger partial charge in [-0.2, -0.15) is 0 Å². The van der Waals surface area contributed by atoms with E-state index in [2.05, 4.69) is 15.6 Å². The predicted molar refractivity (Wildman–Crippen MR) is 76.1 cm³/mol. The standard InChI is InChI=1S/C14H11ClFN3O2/c15-9-4-5-12(11(16)7-9)19-14(21)13(20)18-8-10-3-1-2-6-17-10/h1-7H,8H2,(H,18,20)(H,19,21). The second-order valence-electron chi connectivity index (χ2n) is 4.08. The SMILES string of the molecule is O=C(NCc1ccccn1)C(=O)Nc1ccc(Cl)cc1F. The molecule has 0 spiro atoms. The van der Waals surface area contributed by atoms with Gasteiger partial charge in [0, 0.05) is 11.2 Å². The first kappa shape index (κ1) is 14.9. The third kappa shape index (κ3) is 4.25. The molecule has 0 fully saturated rings. The number of carbonyl (C=O) groups is 2. The Hall–Kier alpha value is -2.47. The first-order chi connectivity index (χ1) is 10.1. The molecule has 2 N–H and O–H groups in total. The molecule has 21 heavy (non-hydrogen) atoms. The third-order valence-electron chi connectivity index (χ3n) is 2.54. The fourth-order valence-corrected chi connectivity index (χ4v) is 1.68. The maximum atomic E-state index is 13.5. The Morgan fingerprint density at radius 2 is 2.00 bits per heavy atom. The fourth-order valence-electron chi connectivity index (χ4n) is 1.52. The van der Waals surface area contributed by atoms with Crippen molar-refractivity contribution in [3.8, 4) is 0 Å². The first-order valence-electron chi connectivity index (χ1n) is 6.00. The summed E-state index contributed by atoms with van der Waals surface area (Å²) in [6, 6.07) is 8.94. The Morgan fingerprint density at radius 3 is 2.67 bits per heavy atom. The summed E-state index contributed by atoms with van der Waals surface area (Å²) in [5.74, 6) is -2.56. The molecule has 0 unspecified atom stereocenters. The number of carbonyl (C=O) groups excluding carboxylic acids is 2. The molecule has 0 saturated carbocycles. The van der Waals surface area contributed by atoms with Crippen LogP contribution in [0.5, 0.6) is 0 Å². The molecule has 0 saturated heterocycles. The second kappa shape index (κ2) is 6.81. The predicted octanol–water partition coefficient (Wildman–Crippen LogP) is 2.13. The summed E-state index contributed by atoms with van der Waals surface area (Å²) >= 11 is 5.59. The number of hydrogen-bond acceptors (Lipinski definition) is 3. The minimum Gasteiger partial charge on any atom is -0.342 e. The van der Waals surface area contributed by atoms with Gasteiger partial charge in [0.15, 0.2) is 0 Å². The zero-order valence-corrected chi connectivity index (χ0v) is 11.5. The number of aromatic nitrogens is 1. The number of halogens is 2. The van der Waals surface area contributed by atoms with E-state index in [-0.39, 0.29) is 17.3 Å². The lowest BCUT2D eigenvalue weighted by molar-refractivity contribution is -0.136. The lowest BCUT2D eigenvalue weighted by Gasteiger charge is -2.07. The largest absolute Gasteiger partial charge is 0.342 e. The quantitative estimate of drug-likeness (QED) is 0.853. The molecule has 5 nitrogen and oxygen atoms in total. The van der Waals surface area contributed by atoms with Crippen molar-refractivity contribution in [1.82, 2.24) is 10.3 Å². The molecule has 0 aliphatic heterocycles. The van der Waals surface area contributed by atoms with Crippen molar-refractivity contribution in [1.29, 1.82) is 0 Å². The molecule has 1 heterocycles. The molecule has 0 bridgehead atoms. The number of benzene rings is 1. The number of nitrogens with zero attached hydrogens (tertiary/aromatic N) is 1. The number of rotatable bonds is 3. The molecule has 1 aromatic heterocycles. The summed E-state index contributed by atoms with van der Waals surface area (Å²) in [4.78, 5) is 27.2. The van der Waals surface area contributed by atoms with Crippen molar-refractivity contribution >= 4 is 29.1 Å². The number of anilines is 1. The normalized spacial score (nSPS) is 10.0. The molecule has 2 amide bonds. The molecular formula is C14H11ClFN3O2. The minimum absolute atomic E-state index is 0.107. The Labute approximate surface area is 125 Å². The van der Waals surface area contributed by atoms with Crippen LogP contribution < -0.4 is 10.6 Å². The minimum atomic E-state index is -0.966. The zero-order valence-electron chi connectivity index (χ0n) is 10.8. The van der Waals surface area contributed by atoms with Gasteiger partial charge in [0.1, 0.15) is 5.82 Å². The highest BCUT2D eigenvalue weighted by molar-refractivity contribution is 6.39. The van der Waals surface area contributed by atoms with Crippen LogP contribution in [-0.2, 0) is 16.1 Å². The van der Waals surface area contributed by atoms with Crippen molar-refractivity contribution in [2.24, 2.45) is 0 Å². The molecule has 2 aromatic rings. The fraction of sp³-hybridized carbons (Fsp3) is 0.0714. The summed E-state index contributed by atoms with van der Waals surface area (Å²) < 4.78 is 13.5. The van der Waals surface area contributed by atoms with Crippen LogP contribution in [0.1, 0.15) is 5.69 Å². The van der Waals surface area contributed by atoms with Crippen LogP contribution in [-0.4, -0.2) is 16.8 Å². The Balaban J connectivity index is 1.92. The van der Waals surface area contributed by atoms with Crippen molar-refractivity contribution < 1.29 is 14.0 Å². The average Bonchev–Trinajstić information content (AvgIpc) is 2.48. The van der Waals surface area contributed by atoms with Crippen molar-refractivity contribution in [3.63, 3.8) is 0 Å². The molecule has 0 atom stereocenters. The van der Waals surface area contributed by atoms with Gasteiger partial charge in [-0.05, 0) is 30.3 Å². The van der Waals surface area contributed by atoms with Gasteiger partial charge in [-0.1, -0.05) is 17.7 Å². The van der Waals surface area contributed by atoms with E-state index in [4.69, 9.17) is 11.6 Å². The van der Waals surface area contributed by atoms with Crippen LogP contribution in [0, 0.1) is 5.82 Å². The van der Waals surface area contributed by atoms with Crippen molar-refractivity contribution in [2.45, 2.75) is 6.54 Å². The van der Waals surface area contributed by atoms with Gasteiger partial charge in [-0.15, -0.1) is 0 Å². The van der Waals surface area contributed by atoms with Crippen LogP contribution in [0.3, 0.4) is 0 Å². The van der Waals surface area contributed by atoms with Crippen LogP contribution in [0.2, 0.25) is 5.02 Å². The molecular weight excluding hydrogens is 297 g/mol. The van der Waals surface area contributed by atoms with E-state index in [9.17, 15) is 14.0 Å². The maximum absolute atomic E-state index is 13.5. The Kier molecular flexibility index (Phi) is 4.84. The van der Waals surface area contributed by atoms with Crippen LogP contribution in [0.25, 0.3) is 0 Å². The van der Waals surface area contributed by atoms with E-state index in [0.29, 0.717) is 5.69 Å². The van der Waals surface area contributed by atoms with Gasteiger partial charge in [-0.25, -0.2) is 4.39 Å². The van der Waals surface area contributed by atoms with E-state index >= 15 is 0 Å². The second-order valence-corrected chi connectivity index (χ2v) is 4.52. The van der Waals surface area contributed by atoms with E-state index in [0.717, 1.165) is 6.07 Å². The zero-order chi connectivity index (χ0) is 15.2. The highest BCUT2D eigenvalue weighted by atomic mass is 35.5. The average molecular weight is 308 g/mol. The smallest absolute Gasteiger partial charge is 0.313 e. The van der Waals surface area contributed by atoms with Gasteiger partial charge in [0.2, 0.25) is 0 Å². The van der Waals surface area contributed by atoms with Crippen LogP contribution >= 0.6 is 11.6 Å². The monoisotopic (exact) mass is 307 g/mol. The van der Waals surface area contributed by atoms with Gasteiger partial charge in [0.25, 0.3) is 0 Å². The summed E-state index contributed by atoms with van der Waals surface area (Å²) in [6.07, 6.45) is 1.57. The Bertz CT molecular complexity index is 665. The van der Waals surface area contributed by atoms with Crippen LogP contribution in [0.4, 0.5) is 10.1 Å². The number of nitrogens with one attached hydrogen (secondary N) is 2. The third-order valence-corrected chi connectivity index (χ3v) is 2.78. The van der Waals surface area contributed by atoms with Crippen LogP contribution in [0.15, 0.2) is 42.6 Å². The molecule has 1 aromatic carbocycles. The van der Waals surface area contributed by atoms with Gasteiger partial charge in [-0.3, -0.25) is 14.6 Å². The van der Waals surface area contributed by atoms with Gasteiger partial charge < -0.3 is 10.6 Å². The molecule has 2 rings (SSSR count). The molecule has 108 valence electrons. The molecule has 0 radical (unpaired) electrons. The van der Waals surface area contributed by atoms with E-state index in [1.165, 1.54) is 12.1 Å². The topological polar surface area (TPSA) is 71.1 Å². The molecule has 0 aliphatic carbocycles. The summed E-state index contributed by atoms with van der Waals surface area (Å²) in [5.41, 5.74) is 0.494. The first-order valence-corrected chi connectivity index (χ1v) is 6.38. The molecule has 7 heteroatoms. The highest BCUT2D eigenvalue weighted by Crippen LogP contribution is 2.18. The number of pyridine rings is 1. The lowest BCUT2D eigenvalue weighted by atomic mass is 10.3. The van der Waals surface area contributed by atoms with E-state index in [1.807, 2.05) is 0 Å².